The van der Waals surface area contributed by atoms with Crippen LogP contribution in [0, 0.1) is 6.92 Å². The predicted molar refractivity (Wildman–Crippen MR) is 100 cm³/mol. The van der Waals surface area contributed by atoms with Crippen LogP contribution in [0.15, 0.2) is 11.0 Å². The van der Waals surface area contributed by atoms with Gasteiger partial charge in [0.25, 0.3) is 5.56 Å². The minimum Gasteiger partial charge on any atom is -0.382 e. The Labute approximate surface area is 153 Å². The van der Waals surface area contributed by atoms with Crippen LogP contribution in [0.4, 0.5) is 0 Å². The molecule has 2 rings (SSSR count). The Morgan fingerprint density at radius 1 is 1.35 bits per heavy atom. The summed E-state index contributed by atoms with van der Waals surface area (Å²) in [7, 11) is 0. The Balaban J connectivity index is 2.06. The molecule has 2 aromatic rings. The molecule has 8 nitrogen and oxygen atoms in total. The molecule has 2 heterocycles. The SMILES string of the molecule is CCOCCCNC(=O)CCn1c(C)nc2c(cnn2C(C)(C)C)c1=O. The monoisotopic (exact) mass is 363 g/mol. The van der Waals surface area contributed by atoms with Crippen molar-refractivity contribution in [1.82, 2.24) is 24.6 Å². The molecule has 0 spiro atoms. The van der Waals surface area contributed by atoms with Crippen LogP contribution in [0.3, 0.4) is 0 Å². The van der Waals surface area contributed by atoms with Gasteiger partial charge in [-0.25, -0.2) is 9.67 Å². The quantitative estimate of drug-likeness (QED) is 0.719. The molecule has 0 bridgehead atoms. The van der Waals surface area contributed by atoms with Gasteiger partial charge in [0.15, 0.2) is 5.65 Å². The fourth-order valence-electron chi connectivity index (χ4n) is 2.71. The summed E-state index contributed by atoms with van der Waals surface area (Å²) < 4.78 is 8.52. The zero-order valence-electron chi connectivity index (χ0n) is 16.3. The maximum atomic E-state index is 12.8. The van der Waals surface area contributed by atoms with Crippen molar-refractivity contribution in [3.8, 4) is 0 Å². The molecule has 0 saturated carbocycles. The Kier molecular flexibility index (Phi) is 6.52. The molecule has 0 unspecified atom stereocenters. The van der Waals surface area contributed by atoms with E-state index >= 15 is 0 Å². The third-order valence-corrected chi connectivity index (χ3v) is 4.07. The molecule has 1 amide bonds. The summed E-state index contributed by atoms with van der Waals surface area (Å²) in [5.74, 6) is 0.496. The number of hydrogen-bond donors (Lipinski definition) is 1. The molecule has 1 N–H and O–H groups in total. The molecule has 0 fully saturated rings. The zero-order valence-corrected chi connectivity index (χ0v) is 16.3. The smallest absolute Gasteiger partial charge is 0.264 e. The molecule has 26 heavy (non-hydrogen) atoms. The first-order valence-corrected chi connectivity index (χ1v) is 9.05. The fourth-order valence-corrected chi connectivity index (χ4v) is 2.71. The van der Waals surface area contributed by atoms with E-state index in [4.69, 9.17) is 4.74 Å². The van der Waals surface area contributed by atoms with Gasteiger partial charge in [-0.1, -0.05) is 0 Å². The number of carbonyl (C=O) groups excluding carboxylic acids is 1. The van der Waals surface area contributed by atoms with Crippen molar-refractivity contribution in [2.24, 2.45) is 0 Å². The highest BCUT2D eigenvalue weighted by Crippen LogP contribution is 2.18. The average molecular weight is 363 g/mol. The van der Waals surface area contributed by atoms with Crippen LogP contribution in [-0.2, 0) is 21.6 Å². The molecule has 0 saturated heterocycles. The van der Waals surface area contributed by atoms with E-state index in [9.17, 15) is 9.59 Å². The maximum absolute atomic E-state index is 12.8. The standard InChI is InChI=1S/C18H29N5O3/c1-6-26-11-7-9-19-15(24)8-10-22-13(2)21-16-14(17(22)25)12-20-23(16)18(3,4)5/h12H,6-11H2,1-5H3,(H,19,24). The van der Waals surface area contributed by atoms with Crippen LogP contribution < -0.4 is 10.9 Å². The van der Waals surface area contributed by atoms with Crippen molar-refractivity contribution in [3.63, 3.8) is 0 Å². The number of ether oxygens (including phenoxy) is 1. The summed E-state index contributed by atoms with van der Waals surface area (Å²) in [4.78, 5) is 29.3. The second-order valence-corrected chi connectivity index (χ2v) is 7.23. The second kappa shape index (κ2) is 8.44. The van der Waals surface area contributed by atoms with E-state index < -0.39 is 0 Å². The summed E-state index contributed by atoms with van der Waals surface area (Å²) in [5.41, 5.74) is 0.157. The molecule has 0 atom stereocenters. The Morgan fingerprint density at radius 3 is 2.73 bits per heavy atom. The summed E-state index contributed by atoms with van der Waals surface area (Å²) >= 11 is 0. The number of rotatable bonds is 8. The van der Waals surface area contributed by atoms with Crippen molar-refractivity contribution in [2.75, 3.05) is 19.8 Å². The third kappa shape index (κ3) is 4.69. The van der Waals surface area contributed by atoms with E-state index in [1.54, 1.807) is 17.8 Å². The molecule has 0 aliphatic carbocycles. The van der Waals surface area contributed by atoms with Crippen LogP contribution in [0.25, 0.3) is 11.0 Å². The highest BCUT2D eigenvalue weighted by Gasteiger charge is 2.21. The van der Waals surface area contributed by atoms with Gasteiger partial charge < -0.3 is 10.1 Å². The molecule has 2 aromatic heterocycles. The van der Waals surface area contributed by atoms with Gasteiger partial charge >= 0.3 is 0 Å². The van der Waals surface area contributed by atoms with Gasteiger partial charge in [0.2, 0.25) is 5.91 Å². The zero-order chi connectivity index (χ0) is 19.3. The molecule has 144 valence electrons. The Morgan fingerprint density at radius 2 is 2.08 bits per heavy atom. The lowest BCUT2D eigenvalue weighted by Crippen LogP contribution is -2.30. The van der Waals surface area contributed by atoms with Crippen molar-refractivity contribution < 1.29 is 9.53 Å². The molecule has 0 aliphatic rings. The molecule has 0 aliphatic heterocycles. The van der Waals surface area contributed by atoms with E-state index in [0.29, 0.717) is 43.2 Å². The Bertz CT molecular complexity index is 817. The molecule has 0 aromatic carbocycles. The van der Waals surface area contributed by atoms with Crippen LogP contribution in [-0.4, -0.2) is 45.0 Å². The number of nitrogens with one attached hydrogen (secondary N) is 1. The number of amides is 1. The normalized spacial score (nSPS) is 11.9. The topological polar surface area (TPSA) is 91.0 Å². The molecule has 0 radical (unpaired) electrons. The lowest BCUT2D eigenvalue weighted by Gasteiger charge is -2.20. The van der Waals surface area contributed by atoms with E-state index in [1.165, 1.54) is 4.57 Å². The van der Waals surface area contributed by atoms with Gasteiger partial charge in [0.1, 0.15) is 11.2 Å². The van der Waals surface area contributed by atoms with Crippen LogP contribution in [0.2, 0.25) is 0 Å². The number of aryl methyl sites for hydroxylation is 1. The minimum atomic E-state index is -0.263. The van der Waals surface area contributed by atoms with Crippen LogP contribution in [0.1, 0.15) is 46.4 Å². The largest absolute Gasteiger partial charge is 0.382 e. The number of aromatic nitrogens is 4. The van der Waals surface area contributed by atoms with Gasteiger partial charge in [-0.15, -0.1) is 0 Å². The number of hydrogen-bond acceptors (Lipinski definition) is 5. The van der Waals surface area contributed by atoms with Crippen LogP contribution in [0.5, 0.6) is 0 Å². The van der Waals surface area contributed by atoms with Crippen molar-refractivity contribution in [3.05, 3.63) is 22.4 Å². The van der Waals surface area contributed by atoms with Crippen molar-refractivity contribution in [2.45, 2.75) is 59.5 Å². The summed E-state index contributed by atoms with van der Waals surface area (Å²) in [6, 6.07) is 0. The number of fused-ring (bicyclic) bond motifs is 1. The lowest BCUT2D eigenvalue weighted by molar-refractivity contribution is -0.121. The summed E-state index contributed by atoms with van der Waals surface area (Å²) in [5, 5.41) is 7.63. The van der Waals surface area contributed by atoms with E-state index in [-0.39, 0.29) is 23.4 Å². The number of carbonyl (C=O) groups is 1. The molecular formula is C18H29N5O3. The maximum Gasteiger partial charge on any atom is 0.264 e. The van der Waals surface area contributed by atoms with Gasteiger partial charge in [-0.3, -0.25) is 14.2 Å². The lowest BCUT2D eigenvalue weighted by atomic mass is 10.1. The minimum absolute atomic E-state index is 0.0849. The fraction of sp³-hybridized carbons (Fsp3) is 0.667. The predicted octanol–water partition coefficient (Wildman–Crippen LogP) is 1.59. The van der Waals surface area contributed by atoms with Gasteiger partial charge in [0.05, 0.1) is 11.7 Å². The molecule has 8 heteroatoms. The Hall–Kier alpha value is -2.22. The highest BCUT2D eigenvalue weighted by atomic mass is 16.5. The first-order valence-electron chi connectivity index (χ1n) is 9.05. The second-order valence-electron chi connectivity index (χ2n) is 7.23. The van der Waals surface area contributed by atoms with Gasteiger partial charge in [-0.2, -0.15) is 5.10 Å². The van der Waals surface area contributed by atoms with E-state index in [1.807, 2.05) is 27.7 Å². The van der Waals surface area contributed by atoms with E-state index in [0.717, 1.165) is 6.42 Å². The van der Waals surface area contributed by atoms with Gasteiger partial charge in [-0.05, 0) is 41.0 Å². The summed E-state index contributed by atoms with van der Waals surface area (Å²) in [6.07, 6.45) is 2.56. The number of nitrogens with zero attached hydrogens (tertiary/aromatic N) is 4. The van der Waals surface area contributed by atoms with Crippen molar-refractivity contribution in [1.29, 1.82) is 0 Å². The third-order valence-electron chi connectivity index (χ3n) is 4.07. The van der Waals surface area contributed by atoms with Crippen molar-refractivity contribution >= 4 is 16.9 Å². The highest BCUT2D eigenvalue weighted by molar-refractivity contribution is 5.76. The first kappa shape index (κ1) is 20.1. The van der Waals surface area contributed by atoms with Gasteiger partial charge in [0, 0.05) is 32.7 Å². The summed E-state index contributed by atoms with van der Waals surface area (Å²) in [6.45, 7) is 11.9. The van der Waals surface area contributed by atoms with E-state index in [2.05, 4.69) is 15.4 Å². The first-order chi connectivity index (χ1) is 12.3. The molecular weight excluding hydrogens is 334 g/mol. The average Bonchev–Trinajstić information content (AvgIpc) is 2.98. The van der Waals surface area contributed by atoms with Crippen LogP contribution >= 0.6 is 0 Å².